The van der Waals surface area contributed by atoms with Crippen molar-refractivity contribution in [3.05, 3.63) is 29.8 Å². The van der Waals surface area contributed by atoms with Crippen LogP contribution in [-0.4, -0.2) is 23.3 Å². The number of rotatable bonds is 2. The largest absolute Gasteiger partial charge is 0.392 e. The molecule has 4 nitrogen and oxygen atoms in total. The summed E-state index contributed by atoms with van der Waals surface area (Å²) < 4.78 is 0. The summed E-state index contributed by atoms with van der Waals surface area (Å²) in [6, 6.07) is 7.45. The molecule has 2 unspecified atom stereocenters. The zero-order valence-corrected chi connectivity index (χ0v) is 11.0. The number of anilines is 1. The molecule has 1 aromatic carbocycles. The molecule has 18 heavy (non-hydrogen) atoms. The fourth-order valence-corrected chi connectivity index (χ4v) is 2.11. The number of carbonyl (C=O) groups excluding carboxylic acids is 1. The van der Waals surface area contributed by atoms with E-state index in [1.54, 1.807) is 0 Å². The Kier molecular flexibility index (Phi) is 3.30. The molecule has 0 aliphatic heterocycles. The Labute approximate surface area is 107 Å². The highest BCUT2D eigenvalue weighted by molar-refractivity contribution is 5.89. The minimum atomic E-state index is -0.331. The summed E-state index contributed by atoms with van der Waals surface area (Å²) in [6.45, 7) is 5.91. The highest BCUT2D eigenvalue weighted by Gasteiger charge is 2.47. The van der Waals surface area contributed by atoms with Gasteiger partial charge in [-0.25, -0.2) is 4.79 Å². The molecule has 0 radical (unpaired) electrons. The average Bonchev–Trinajstić information content (AvgIpc) is 2.32. The second-order valence-electron chi connectivity index (χ2n) is 5.59. The lowest BCUT2D eigenvalue weighted by Gasteiger charge is -2.49. The quantitative estimate of drug-likeness (QED) is 0.752. The van der Waals surface area contributed by atoms with Gasteiger partial charge in [-0.05, 0) is 25.5 Å². The third-order valence-corrected chi connectivity index (χ3v) is 3.83. The number of aliphatic hydroxyl groups is 1. The van der Waals surface area contributed by atoms with Crippen molar-refractivity contribution in [3.8, 4) is 0 Å². The number of benzene rings is 1. The van der Waals surface area contributed by atoms with Crippen LogP contribution in [0.5, 0.6) is 0 Å². The van der Waals surface area contributed by atoms with Gasteiger partial charge in [-0.2, -0.15) is 0 Å². The summed E-state index contributed by atoms with van der Waals surface area (Å²) in [5.41, 5.74) is 1.69. The standard InChI is InChI=1S/C14H20N2O2/c1-9-4-6-10(7-5-9)15-13(18)16-11-8-12(17)14(11,2)3/h4-7,11-12,17H,8H2,1-3H3,(H2,15,16,18). The molecule has 0 aromatic heterocycles. The van der Waals surface area contributed by atoms with Gasteiger partial charge in [-0.3, -0.25) is 0 Å². The molecule has 2 rings (SSSR count). The van der Waals surface area contributed by atoms with E-state index in [0.717, 1.165) is 11.3 Å². The molecule has 1 aromatic rings. The maximum atomic E-state index is 11.8. The van der Waals surface area contributed by atoms with Crippen molar-refractivity contribution < 1.29 is 9.90 Å². The summed E-state index contributed by atoms with van der Waals surface area (Å²) in [5.74, 6) is 0. The molecular formula is C14H20N2O2. The average molecular weight is 248 g/mol. The Morgan fingerprint density at radius 1 is 1.33 bits per heavy atom. The number of urea groups is 1. The molecule has 2 amide bonds. The van der Waals surface area contributed by atoms with Crippen LogP contribution in [0.4, 0.5) is 10.5 Å². The summed E-state index contributed by atoms with van der Waals surface area (Å²) in [5, 5.41) is 15.3. The van der Waals surface area contributed by atoms with Gasteiger partial charge >= 0.3 is 6.03 Å². The summed E-state index contributed by atoms with van der Waals surface area (Å²) in [7, 11) is 0. The van der Waals surface area contributed by atoms with Crippen molar-refractivity contribution in [2.75, 3.05) is 5.32 Å². The van der Waals surface area contributed by atoms with Crippen LogP contribution in [0.1, 0.15) is 25.8 Å². The zero-order valence-electron chi connectivity index (χ0n) is 11.0. The molecule has 4 heteroatoms. The maximum Gasteiger partial charge on any atom is 0.319 e. The molecule has 98 valence electrons. The van der Waals surface area contributed by atoms with Gasteiger partial charge in [0, 0.05) is 17.1 Å². The van der Waals surface area contributed by atoms with Crippen LogP contribution in [0.3, 0.4) is 0 Å². The fraction of sp³-hybridized carbons (Fsp3) is 0.500. The predicted octanol–water partition coefficient (Wildman–Crippen LogP) is 2.28. The van der Waals surface area contributed by atoms with Crippen LogP contribution >= 0.6 is 0 Å². The van der Waals surface area contributed by atoms with E-state index in [1.807, 2.05) is 45.0 Å². The smallest absolute Gasteiger partial charge is 0.319 e. The number of amides is 2. The molecule has 0 heterocycles. The SMILES string of the molecule is Cc1ccc(NC(=O)NC2CC(O)C2(C)C)cc1. The van der Waals surface area contributed by atoms with E-state index in [9.17, 15) is 9.90 Å². The molecule has 1 aliphatic rings. The molecule has 2 atom stereocenters. The lowest BCUT2D eigenvalue weighted by Crippen LogP contribution is -2.61. The van der Waals surface area contributed by atoms with Crippen molar-refractivity contribution in [3.63, 3.8) is 0 Å². The first-order valence-electron chi connectivity index (χ1n) is 6.22. The summed E-state index contributed by atoms with van der Waals surface area (Å²) in [6.07, 6.45) is 0.288. The Morgan fingerprint density at radius 2 is 1.94 bits per heavy atom. The third kappa shape index (κ3) is 2.48. The topological polar surface area (TPSA) is 61.4 Å². The molecule has 0 bridgehead atoms. The van der Waals surface area contributed by atoms with Crippen LogP contribution < -0.4 is 10.6 Å². The van der Waals surface area contributed by atoms with Gasteiger partial charge in [0.05, 0.1) is 6.10 Å². The molecule has 3 N–H and O–H groups in total. The Balaban J connectivity index is 1.88. The normalized spacial score (nSPS) is 25.1. The number of nitrogens with one attached hydrogen (secondary N) is 2. The van der Waals surface area contributed by atoms with Crippen LogP contribution in [-0.2, 0) is 0 Å². The predicted molar refractivity (Wildman–Crippen MR) is 71.5 cm³/mol. The van der Waals surface area contributed by atoms with Crippen molar-refractivity contribution in [1.29, 1.82) is 0 Å². The molecule has 1 aliphatic carbocycles. The number of hydrogen-bond acceptors (Lipinski definition) is 2. The van der Waals surface area contributed by atoms with Crippen LogP contribution in [0.2, 0.25) is 0 Å². The molecule has 1 saturated carbocycles. The Bertz CT molecular complexity index is 440. The van der Waals surface area contributed by atoms with Crippen molar-refractivity contribution in [2.24, 2.45) is 5.41 Å². The van der Waals surface area contributed by atoms with Crippen LogP contribution in [0.25, 0.3) is 0 Å². The van der Waals surface area contributed by atoms with Gasteiger partial charge in [0.1, 0.15) is 0 Å². The van der Waals surface area contributed by atoms with E-state index < -0.39 is 0 Å². The van der Waals surface area contributed by atoms with Crippen molar-refractivity contribution >= 4 is 11.7 Å². The lowest BCUT2D eigenvalue weighted by molar-refractivity contribution is -0.0673. The third-order valence-electron chi connectivity index (χ3n) is 3.83. The minimum absolute atomic E-state index is 0.0259. The summed E-state index contributed by atoms with van der Waals surface area (Å²) in [4.78, 5) is 11.8. The van der Waals surface area contributed by atoms with Crippen molar-refractivity contribution in [2.45, 2.75) is 39.3 Å². The van der Waals surface area contributed by atoms with Gasteiger partial charge in [0.15, 0.2) is 0 Å². The fourth-order valence-electron chi connectivity index (χ4n) is 2.11. The van der Waals surface area contributed by atoms with Gasteiger partial charge in [0.25, 0.3) is 0 Å². The molecular weight excluding hydrogens is 228 g/mol. The first kappa shape index (κ1) is 12.9. The van der Waals surface area contributed by atoms with E-state index in [0.29, 0.717) is 6.42 Å². The number of hydrogen-bond donors (Lipinski definition) is 3. The highest BCUT2D eigenvalue weighted by atomic mass is 16.3. The molecule has 0 spiro atoms. The zero-order chi connectivity index (χ0) is 13.3. The van der Waals surface area contributed by atoms with Crippen molar-refractivity contribution in [1.82, 2.24) is 5.32 Å². The lowest BCUT2D eigenvalue weighted by atomic mass is 9.65. The van der Waals surface area contributed by atoms with Crippen LogP contribution in [0.15, 0.2) is 24.3 Å². The van der Waals surface area contributed by atoms with Gasteiger partial charge in [-0.1, -0.05) is 31.5 Å². The van der Waals surface area contributed by atoms with Gasteiger partial charge < -0.3 is 15.7 Å². The monoisotopic (exact) mass is 248 g/mol. The Hall–Kier alpha value is -1.55. The summed E-state index contributed by atoms with van der Waals surface area (Å²) >= 11 is 0. The number of aryl methyl sites for hydroxylation is 1. The number of aliphatic hydroxyl groups excluding tert-OH is 1. The Morgan fingerprint density at radius 3 is 2.44 bits per heavy atom. The van der Waals surface area contributed by atoms with E-state index >= 15 is 0 Å². The molecule has 0 saturated heterocycles. The first-order chi connectivity index (χ1) is 8.39. The van der Waals surface area contributed by atoms with Gasteiger partial charge in [0.2, 0.25) is 0 Å². The second kappa shape index (κ2) is 4.61. The number of carbonyl (C=O) groups is 1. The van der Waals surface area contributed by atoms with Gasteiger partial charge in [-0.15, -0.1) is 0 Å². The van der Waals surface area contributed by atoms with E-state index in [1.165, 1.54) is 0 Å². The van der Waals surface area contributed by atoms with E-state index in [-0.39, 0.29) is 23.6 Å². The second-order valence-corrected chi connectivity index (χ2v) is 5.59. The minimum Gasteiger partial charge on any atom is -0.392 e. The van der Waals surface area contributed by atoms with Crippen LogP contribution in [0, 0.1) is 12.3 Å². The van der Waals surface area contributed by atoms with E-state index in [2.05, 4.69) is 10.6 Å². The van der Waals surface area contributed by atoms with E-state index in [4.69, 9.17) is 0 Å². The molecule has 1 fully saturated rings. The maximum absolute atomic E-state index is 11.8. The first-order valence-corrected chi connectivity index (χ1v) is 6.22. The highest BCUT2D eigenvalue weighted by Crippen LogP contribution is 2.40.